The zero-order valence-corrected chi connectivity index (χ0v) is 13.7. The van der Waals surface area contributed by atoms with Crippen molar-refractivity contribution in [2.24, 2.45) is 18.5 Å². The van der Waals surface area contributed by atoms with Crippen LogP contribution in [-0.4, -0.2) is 27.4 Å². The fourth-order valence-corrected chi connectivity index (χ4v) is 2.48. The highest BCUT2D eigenvalue weighted by molar-refractivity contribution is 7.99. The van der Waals surface area contributed by atoms with Crippen molar-refractivity contribution in [2.45, 2.75) is 17.6 Å². The van der Waals surface area contributed by atoms with E-state index in [1.54, 1.807) is 11.6 Å². The lowest BCUT2D eigenvalue weighted by molar-refractivity contribution is -0.115. The molecule has 0 saturated carbocycles. The monoisotopic (exact) mass is 361 g/mol. The van der Waals surface area contributed by atoms with Gasteiger partial charge >= 0.3 is 6.18 Å². The van der Waals surface area contributed by atoms with Gasteiger partial charge in [-0.2, -0.15) is 13.2 Å². The summed E-state index contributed by atoms with van der Waals surface area (Å²) in [6.07, 6.45) is 2.32. The van der Waals surface area contributed by atoms with Gasteiger partial charge < -0.3 is 21.4 Å². The van der Waals surface area contributed by atoms with Gasteiger partial charge in [-0.15, -0.1) is 11.8 Å². The first-order valence-corrected chi connectivity index (χ1v) is 7.73. The Morgan fingerprint density at radius 2 is 2.17 bits per heavy atom. The molecule has 5 N–H and O–H groups in total. The maximum absolute atomic E-state index is 12.1. The lowest BCUT2D eigenvalue weighted by atomic mass is 10.2. The Bertz CT molecular complexity index is 649. The number of thioether (sulfide) groups is 1. The first-order valence-electron chi connectivity index (χ1n) is 6.74. The van der Waals surface area contributed by atoms with Gasteiger partial charge in [0.05, 0.1) is 12.7 Å². The largest absolute Gasteiger partial charge is 0.409 e. The molecule has 0 saturated heterocycles. The molecular weight excluding hydrogens is 343 g/mol. The highest BCUT2D eigenvalue weighted by Crippen LogP contribution is 2.26. The van der Waals surface area contributed by atoms with Crippen LogP contribution in [0.1, 0.15) is 6.42 Å². The van der Waals surface area contributed by atoms with Crippen molar-refractivity contribution < 1.29 is 18.0 Å². The van der Waals surface area contributed by atoms with Gasteiger partial charge in [0.1, 0.15) is 5.03 Å². The van der Waals surface area contributed by atoms with Crippen LogP contribution < -0.4 is 16.8 Å². The summed E-state index contributed by atoms with van der Waals surface area (Å²) in [4.78, 5) is 16.0. The van der Waals surface area contributed by atoms with Crippen molar-refractivity contribution in [3.63, 3.8) is 0 Å². The Hall–Kier alpha value is -2.36. The van der Waals surface area contributed by atoms with Gasteiger partial charge in [-0.25, -0.2) is 4.98 Å². The molecular formula is C14H18F3N5OS. The third-order valence-electron chi connectivity index (χ3n) is 2.65. The number of allylic oxidation sites excluding steroid dienone is 2. The Labute approximate surface area is 141 Å². The smallest absolute Gasteiger partial charge is 0.405 e. The molecule has 0 aromatic carbocycles. The highest BCUT2D eigenvalue weighted by atomic mass is 32.2. The second-order valence-corrected chi connectivity index (χ2v) is 5.60. The zero-order valence-electron chi connectivity index (χ0n) is 12.9. The average Bonchev–Trinajstić information content (AvgIpc) is 2.82. The summed E-state index contributed by atoms with van der Waals surface area (Å²) in [6.45, 7) is 0. The number of alkyl halides is 3. The van der Waals surface area contributed by atoms with E-state index >= 15 is 0 Å². The molecule has 0 aliphatic rings. The maximum atomic E-state index is 12.1. The van der Waals surface area contributed by atoms with Crippen LogP contribution in [0, 0.1) is 0 Å². The van der Waals surface area contributed by atoms with E-state index < -0.39 is 6.18 Å². The number of halogens is 3. The van der Waals surface area contributed by atoms with E-state index in [2.05, 4.69) is 10.3 Å². The lowest BCUT2D eigenvalue weighted by Crippen LogP contribution is -2.13. The Balaban J connectivity index is 2.70. The van der Waals surface area contributed by atoms with Crippen molar-refractivity contribution in [2.75, 3.05) is 11.1 Å². The van der Waals surface area contributed by atoms with Crippen LogP contribution in [-0.2, 0) is 11.8 Å². The molecule has 24 heavy (non-hydrogen) atoms. The van der Waals surface area contributed by atoms with E-state index in [-0.39, 0.29) is 30.0 Å². The number of hydrogen-bond donors (Lipinski definition) is 3. The van der Waals surface area contributed by atoms with E-state index in [9.17, 15) is 18.0 Å². The molecule has 1 amide bonds. The Morgan fingerprint density at radius 3 is 2.75 bits per heavy atom. The number of imidazole rings is 1. The summed E-state index contributed by atoms with van der Waals surface area (Å²) in [5.74, 6) is 0.00313. The molecule has 10 heteroatoms. The molecule has 6 nitrogen and oxygen atoms in total. The van der Waals surface area contributed by atoms with Crippen molar-refractivity contribution in [1.82, 2.24) is 9.55 Å². The molecule has 0 radical (unpaired) electrons. The summed E-state index contributed by atoms with van der Waals surface area (Å²) < 4.78 is 37.8. The predicted octanol–water partition coefficient (Wildman–Crippen LogP) is 2.27. The number of amides is 1. The molecule has 1 aromatic heterocycles. The quantitative estimate of drug-likeness (QED) is 0.393. The normalized spacial score (nSPS) is 13.1. The highest BCUT2D eigenvalue weighted by Gasteiger charge is 2.21. The summed E-state index contributed by atoms with van der Waals surface area (Å²) >= 11 is 1.12. The third-order valence-corrected chi connectivity index (χ3v) is 3.77. The van der Waals surface area contributed by atoms with Gasteiger partial charge in [-0.1, -0.05) is 6.08 Å². The van der Waals surface area contributed by atoms with Crippen molar-refractivity contribution >= 4 is 23.5 Å². The predicted molar refractivity (Wildman–Crippen MR) is 88.0 cm³/mol. The Morgan fingerprint density at radius 1 is 1.46 bits per heavy atom. The zero-order chi connectivity index (χ0) is 18.2. The Kier molecular flexibility index (Phi) is 7.43. The van der Waals surface area contributed by atoms with Crippen LogP contribution in [0.25, 0.3) is 0 Å². The second-order valence-electron chi connectivity index (χ2n) is 4.59. The average molecular weight is 361 g/mol. The molecule has 0 aliphatic heterocycles. The topological polar surface area (TPSA) is 99.0 Å². The first-order chi connectivity index (χ1) is 11.3. The van der Waals surface area contributed by atoms with E-state index in [0.29, 0.717) is 10.6 Å². The SMILES string of the molecule is Cn1cnc(NC(=O)CC(/C=C\N)=C/N)c1SCC=CC(F)(F)F. The minimum atomic E-state index is -4.34. The molecule has 0 bridgehead atoms. The van der Waals surface area contributed by atoms with Crippen LogP contribution in [0.15, 0.2) is 47.6 Å². The summed E-state index contributed by atoms with van der Waals surface area (Å²) in [7, 11) is 1.68. The van der Waals surface area contributed by atoms with Crippen molar-refractivity contribution in [3.05, 3.63) is 42.5 Å². The molecule has 0 unspecified atom stereocenters. The molecule has 0 aliphatic carbocycles. The van der Waals surface area contributed by atoms with Gasteiger partial charge in [0.25, 0.3) is 0 Å². The van der Waals surface area contributed by atoms with Crippen LogP contribution in [0.3, 0.4) is 0 Å². The van der Waals surface area contributed by atoms with Crippen LogP contribution >= 0.6 is 11.8 Å². The molecule has 132 valence electrons. The van der Waals surface area contributed by atoms with Gasteiger partial charge in [0, 0.05) is 18.9 Å². The summed E-state index contributed by atoms with van der Waals surface area (Å²) in [5.41, 5.74) is 11.1. The van der Waals surface area contributed by atoms with Crippen molar-refractivity contribution in [3.8, 4) is 0 Å². The fourth-order valence-electron chi connectivity index (χ4n) is 1.64. The first kappa shape index (κ1) is 19.7. The van der Waals surface area contributed by atoms with E-state index in [4.69, 9.17) is 11.5 Å². The van der Waals surface area contributed by atoms with Crippen LogP contribution in [0.2, 0.25) is 0 Å². The second kappa shape index (κ2) is 9.06. The number of aryl methyl sites for hydroxylation is 1. The number of nitrogens with one attached hydrogen (secondary N) is 1. The number of nitrogens with zero attached hydrogens (tertiary/aromatic N) is 2. The van der Waals surface area contributed by atoms with Gasteiger partial charge in [0.2, 0.25) is 5.91 Å². The number of rotatable bonds is 7. The van der Waals surface area contributed by atoms with Gasteiger partial charge in [0.15, 0.2) is 5.82 Å². The van der Waals surface area contributed by atoms with Crippen molar-refractivity contribution in [1.29, 1.82) is 0 Å². The molecule has 0 fully saturated rings. The van der Waals surface area contributed by atoms with E-state index in [1.807, 2.05) is 0 Å². The lowest BCUT2D eigenvalue weighted by Gasteiger charge is -2.07. The molecule has 0 spiro atoms. The minimum absolute atomic E-state index is 0.00113. The third kappa shape index (κ3) is 6.82. The number of hydrogen-bond acceptors (Lipinski definition) is 5. The van der Waals surface area contributed by atoms with Gasteiger partial charge in [-0.05, 0) is 24.0 Å². The standard InChI is InChI=1S/C14H18F3N5OS/c1-22-9-20-12(13(22)24-6-2-4-14(15,16)17)21-11(23)7-10(8-19)3-5-18/h2-5,8-9H,6-7,18-19H2,1H3,(H,21,23)/b4-2?,5-3-,10-8+. The summed E-state index contributed by atoms with van der Waals surface area (Å²) in [6, 6.07) is 0. The number of nitrogens with two attached hydrogens (primary N) is 2. The maximum Gasteiger partial charge on any atom is 0.409 e. The van der Waals surface area contributed by atoms with Gasteiger partial charge in [-0.3, -0.25) is 4.79 Å². The number of carbonyl (C=O) groups is 1. The molecule has 0 atom stereocenters. The fraction of sp³-hybridized carbons (Fsp3) is 0.286. The summed E-state index contributed by atoms with van der Waals surface area (Å²) in [5, 5.41) is 3.15. The van der Waals surface area contributed by atoms with E-state index in [0.717, 1.165) is 17.8 Å². The van der Waals surface area contributed by atoms with Crippen LogP contribution in [0.5, 0.6) is 0 Å². The number of aromatic nitrogens is 2. The molecule has 1 heterocycles. The molecule has 1 aromatic rings. The van der Waals surface area contributed by atoms with Crippen LogP contribution in [0.4, 0.5) is 19.0 Å². The minimum Gasteiger partial charge on any atom is -0.405 e. The number of carbonyl (C=O) groups excluding carboxylic acids is 1. The number of anilines is 1. The van der Waals surface area contributed by atoms with E-state index in [1.165, 1.54) is 24.8 Å². The molecule has 1 rings (SSSR count).